The zero-order chi connectivity index (χ0) is 18.1. The van der Waals surface area contributed by atoms with Crippen LogP contribution in [-0.2, 0) is 11.8 Å². The second kappa shape index (κ2) is 6.77. The lowest BCUT2D eigenvalue weighted by Crippen LogP contribution is -2.30. The molecule has 24 heavy (non-hydrogen) atoms. The van der Waals surface area contributed by atoms with Crippen molar-refractivity contribution in [1.82, 2.24) is 4.57 Å². The molecule has 128 valence electrons. The minimum Gasteiger partial charge on any atom is -0.496 e. The van der Waals surface area contributed by atoms with E-state index >= 15 is 0 Å². The van der Waals surface area contributed by atoms with E-state index in [0.29, 0.717) is 14.9 Å². The average Bonchev–Trinajstić information content (AvgIpc) is 2.75. The maximum atomic E-state index is 12.5. The van der Waals surface area contributed by atoms with E-state index in [2.05, 4.69) is 0 Å². The van der Waals surface area contributed by atoms with Crippen molar-refractivity contribution in [2.45, 2.75) is 27.7 Å². The molecule has 0 radical (unpaired) electrons. The average molecular weight is 345 g/mol. The lowest BCUT2D eigenvalue weighted by molar-refractivity contribution is -0.120. The van der Waals surface area contributed by atoms with Gasteiger partial charge in [0.05, 0.1) is 11.6 Å². The highest BCUT2D eigenvalue weighted by atomic mass is 32.1. The van der Waals surface area contributed by atoms with E-state index in [4.69, 9.17) is 4.74 Å². The summed E-state index contributed by atoms with van der Waals surface area (Å²) in [5, 5.41) is 0. The van der Waals surface area contributed by atoms with Crippen LogP contribution in [0.25, 0.3) is 12.2 Å². The normalized spacial score (nSPS) is 13.4. The van der Waals surface area contributed by atoms with Crippen LogP contribution in [0.3, 0.4) is 0 Å². The fourth-order valence-corrected chi connectivity index (χ4v) is 3.17. The number of carbonyl (C=O) groups excluding carboxylic acids is 1. The SMILES string of the molecule is COc1ccc(C)cc1/C=c1\s/c(=C/C(=O)C(C)(C)C)n(C)c1=O. The van der Waals surface area contributed by atoms with E-state index in [1.165, 1.54) is 15.9 Å². The van der Waals surface area contributed by atoms with Crippen LogP contribution >= 0.6 is 11.3 Å². The molecule has 4 nitrogen and oxygen atoms in total. The van der Waals surface area contributed by atoms with Crippen LogP contribution in [0.4, 0.5) is 0 Å². The van der Waals surface area contributed by atoms with Gasteiger partial charge in [0.2, 0.25) is 0 Å². The molecule has 0 aliphatic carbocycles. The standard InChI is InChI=1S/C19H23NO3S/c1-12-7-8-14(23-6)13(9-12)10-15-18(22)20(5)17(24-15)11-16(21)19(2,3)4/h7-11H,1-6H3/b15-10-,17-11+. The first-order valence-electron chi connectivity index (χ1n) is 7.72. The van der Waals surface area contributed by atoms with Gasteiger partial charge in [-0.05, 0) is 25.1 Å². The summed E-state index contributed by atoms with van der Waals surface area (Å²) in [6.45, 7) is 7.58. The number of rotatable bonds is 3. The first-order chi connectivity index (χ1) is 11.1. The Morgan fingerprint density at radius 3 is 2.54 bits per heavy atom. The summed E-state index contributed by atoms with van der Waals surface area (Å²) < 4.78 is 8.11. The second-order valence-corrected chi connectivity index (χ2v) is 7.88. The lowest BCUT2D eigenvalue weighted by Gasteiger charge is -2.12. The molecule has 0 aliphatic heterocycles. The van der Waals surface area contributed by atoms with Crippen molar-refractivity contribution in [3.8, 4) is 5.75 Å². The minimum atomic E-state index is -0.469. The molecule has 5 heteroatoms. The predicted molar refractivity (Wildman–Crippen MR) is 99.0 cm³/mol. The minimum absolute atomic E-state index is 0.000892. The molecule has 0 bridgehead atoms. The topological polar surface area (TPSA) is 48.3 Å². The molecule has 0 N–H and O–H groups in total. The molecule has 2 rings (SSSR count). The van der Waals surface area contributed by atoms with E-state index in [0.717, 1.165) is 11.1 Å². The summed E-state index contributed by atoms with van der Waals surface area (Å²) in [5.74, 6) is 0.714. The Kier molecular flexibility index (Phi) is 5.13. The van der Waals surface area contributed by atoms with Crippen LogP contribution in [0.1, 0.15) is 31.9 Å². The number of carbonyl (C=O) groups is 1. The van der Waals surface area contributed by atoms with Crippen molar-refractivity contribution in [2.24, 2.45) is 12.5 Å². The molecular formula is C19H23NO3S. The van der Waals surface area contributed by atoms with Gasteiger partial charge in [-0.1, -0.05) is 32.4 Å². The Bertz CT molecular complexity index is 942. The monoisotopic (exact) mass is 345 g/mol. The van der Waals surface area contributed by atoms with Crippen molar-refractivity contribution in [2.75, 3.05) is 7.11 Å². The first kappa shape index (κ1) is 18.2. The van der Waals surface area contributed by atoms with Gasteiger partial charge in [-0.15, -0.1) is 11.3 Å². The number of aryl methyl sites for hydroxylation is 1. The van der Waals surface area contributed by atoms with Crippen LogP contribution in [0.2, 0.25) is 0 Å². The molecule has 0 saturated heterocycles. The summed E-state index contributed by atoms with van der Waals surface area (Å²) in [7, 11) is 3.29. The summed E-state index contributed by atoms with van der Waals surface area (Å²) >= 11 is 1.31. The highest BCUT2D eigenvalue weighted by molar-refractivity contribution is 7.07. The highest BCUT2D eigenvalue weighted by Crippen LogP contribution is 2.20. The number of thiazole rings is 1. The number of aromatic nitrogens is 1. The van der Waals surface area contributed by atoms with Gasteiger partial charge in [-0.3, -0.25) is 9.59 Å². The summed E-state index contributed by atoms with van der Waals surface area (Å²) in [6.07, 6.45) is 3.37. The van der Waals surface area contributed by atoms with Gasteiger partial charge in [0.1, 0.15) is 10.4 Å². The Hall–Kier alpha value is -2.14. The van der Waals surface area contributed by atoms with E-state index in [1.54, 1.807) is 20.2 Å². The number of hydrogen-bond donors (Lipinski definition) is 0. The van der Waals surface area contributed by atoms with Gasteiger partial charge in [-0.2, -0.15) is 0 Å². The van der Waals surface area contributed by atoms with E-state index < -0.39 is 5.41 Å². The van der Waals surface area contributed by atoms with E-state index in [9.17, 15) is 9.59 Å². The van der Waals surface area contributed by atoms with Gasteiger partial charge in [0.25, 0.3) is 5.56 Å². The number of benzene rings is 1. The van der Waals surface area contributed by atoms with Crippen molar-refractivity contribution >= 4 is 29.3 Å². The third-order valence-corrected chi connectivity index (χ3v) is 4.84. The highest BCUT2D eigenvalue weighted by Gasteiger charge is 2.19. The maximum Gasteiger partial charge on any atom is 0.268 e. The van der Waals surface area contributed by atoms with Gasteiger partial charge in [-0.25, -0.2) is 0 Å². The fourth-order valence-electron chi connectivity index (χ4n) is 2.14. The van der Waals surface area contributed by atoms with Gasteiger partial charge in [0.15, 0.2) is 5.78 Å². The third-order valence-electron chi connectivity index (χ3n) is 3.73. The molecule has 1 aromatic carbocycles. The van der Waals surface area contributed by atoms with Crippen molar-refractivity contribution < 1.29 is 9.53 Å². The molecule has 0 unspecified atom stereocenters. The Morgan fingerprint density at radius 2 is 1.96 bits per heavy atom. The van der Waals surface area contributed by atoms with Crippen LogP contribution in [0.15, 0.2) is 23.0 Å². The van der Waals surface area contributed by atoms with Gasteiger partial charge in [0, 0.05) is 24.1 Å². The van der Waals surface area contributed by atoms with Gasteiger partial charge >= 0.3 is 0 Å². The summed E-state index contributed by atoms with van der Waals surface area (Å²) in [5.41, 5.74) is 1.36. The Balaban J connectivity index is 2.65. The fraction of sp³-hybridized carbons (Fsp3) is 0.368. The molecule has 0 fully saturated rings. The first-order valence-corrected chi connectivity index (χ1v) is 8.53. The van der Waals surface area contributed by atoms with Crippen LogP contribution in [-0.4, -0.2) is 17.5 Å². The molecule has 0 aliphatic rings. The molecule has 0 amide bonds. The van der Waals surface area contributed by atoms with Crippen LogP contribution in [0.5, 0.6) is 5.75 Å². The molecule has 0 atom stereocenters. The smallest absolute Gasteiger partial charge is 0.268 e. The number of hydrogen-bond acceptors (Lipinski definition) is 4. The van der Waals surface area contributed by atoms with Crippen molar-refractivity contribution in [1.29, 1.82) is 0 Å². The Labute approximate surface area is 145 Å². The zero-order valence-corrected chi connectivity index (χ0v) is 15.8. The molecule has 0 saturated carbocycles. The lowest BCUT2D eigenvalue weighted by atomic mass is 9.91. The molecule has 1 aromatic heterocycles. The summed E-state index contributed by atoms with van der Waals surface area (Å²) in [4.78, 5) is 24.7. The second-order valence-electron chi connectivity index (χ2n) is 6.82. The zero-order valence-electron chi connectivity index (χ0n) is 15.0. The van der Waals surface area contributed by atoms with Gasteiger partial charge < -0.3 is 9.30 Å². The van der Waals surface area contributed by atoms with E-state index in [1.807, 2.05) is 52.0 Å². The number of methoxy groups -OCH3 is 1. The quantitative estimate of drug-likeness (QED) is 0.855. The number of Topliss-reactive ketones (excluding diaryl/α,β-unsaturated/α-hetero) is 1. The number of nitrogens with zero attached hydrogens (tertiary/aromatic N) is 1. The Morgan fingerprint density at radius 1 is 1.29 bits per heavy atom. The van der Waals surface area contributed by atoms with Crippen LogP contribution in [0, 0.1) is 12.3 Å². The molecule has 1 heterocycles. The van der Waals surface area contributed by atoms with Crippen molar-refractivity contribution in [3.05, 3.63) is 48.9 Å². The summed E-state index contributed by atoms with van der Waals surface area (Å²) in [6, 6.07) is 5.82. The van der Waals surface area contributed by atoms with Crippen molar-refractivity contribution in [3.63, 3.8) is 0 Å². The van der Waals surface area contributed by atoms with Crippen LogP contribution < -0.4 is 19.5 Å². The third kappa shape index (κ3) is 3.85. The number of ether oxygens (including phenoxy) is 1. The molecule has 0 spiro atoms. The maximum absolute atomic E-state index is 12.5. The largest absolute Gasteiger partial charge is 0.496 e. The van der Waals surface area contributed by atoms with E-state index in [-0.39, 0.29) is 11.3 Å². The number of ketones is 1. The molecular weight excluding hydrogens is 322 g/mol. The predicted octanol–water partition coefficient (Wildman–Crippen LogP) is 1.99. The molecule has 2 aromatic rings.